The van der Waals surface area contributed by atoms with Crippen LogP contribution in [-0.4, -0.2) is 24.0 Å². The topological polar surface area (TPSA) is 54.0 Å². The van der Waals surface area contributed by atoms with Gasteiger partial charge in [0.2, 0.25) is 0 Å². The molecule has 1 saturated carbocycles. The second kappa shape index (κ2) is 5.99. The Bertz CT molecular complexity index is 460. The third-order valence-electron chi connectivity index (χ3n) is 3.48. The maximum atomic E-state index is 13.2. The first-order chi connectivity index (χ1) is 9.13. The van der Waals surface area contributed by atoms with E-state index in [4.69, 9.17) is 0 Å². The molecule has 1 aliphatic rings. The Labute approximate surface area is 112 Å². The number of rotatable bonds is 6. The summed E-state index contributed by atoms with van der Waals surface area (Å²) in [6.07, 6.45) is 5.52. The van der Waals surface area contributed by atoms with Gasteiger partial charge in [-0.3, -0.25) is 4.79 Å². The fraction of sp³-hybridized carbons (Fsp3) is 0.571. The van der Waals surface area contributed by atoms with Crippen molar-refractivity contribution in [1.82, 2.24) is 10.3 Å². The molecule has 0 bridgehead atoms. The van der Waals surface area contributed by atoms with E-state index in [1.54, 1.807) is 7.05 Å². The largest absolute Gasteiger partial charge is 0.372 e. The van der Waals surface area contributed by atoms with Crippen LogP contribution in [0.5, 0.6) is 0 Å². The van der Waals surface area contributed by atoms with Crippen molar-refractivity contribution in [3.05, 3.63) is 23.6 Å². The summed E-state index contributed by atoms with van der Waals surface area (Å²) in [5, 5.41) is 5.78. The zero-order valence-corrected chi connectivity index (χ0v) is 11.4. The summed E-state index contributed by atoms with van der Waals surface area (Å²) in [4.78, 5) is 16.1. The Kier molecular flexibility index (Phi) is 4.35. The lowest BCUT2D eigenvalue weighted by atomic mass is 10.1. The molecule has 1 atom stereocenters. The van der Waals surface area contributed by atoms with Crippen molar-refractivity contribution in [2.75, 3.05) is 12.4 Å². The molecule has 0 aliphatic heterocycles. The maximum absolute atomic E-state index is 13.2. The molecule has 1 heterocycles. The molecule has 0 spiro atoms. The molecule has 2 rings (SSSR count). The van der Waals surface area contributed by atoms with E-state index in [2.05, 4.69) is 22.5 Å². The van der Waals surface area contributed by atoms with Crippen LogP contribution in [0, 0.1) is 11.7 Å². The lowest BCUT2D eigenvalue weighted by molar-refractivity contribution is 0.0932. The van der Waals surface area contributed by atoms with Crippen LogP contribution in [0.25, 0.3) is 0 Å². The van der Waals surface area contributed by atoms with E-state index in [1.807, 2.05) is 0 Å². The summed E-state index contributed by atoms with van der Waals surface area (Å²) in [6.45, 7) is 2.05. The molecule has 0 aromatic carbocycles. The van der Waals surface area contributed by atoms with Crippen LogP contribution < -0.4 is 10.6 Å². The predicted octanol–water partition coefficient (Wildman–Crippen LogP) is 2.57. The Morgan fingerprint density at radius 3 is 2.89 bits per heavy atom. The molecular formula is C14H20FN3O. The van der Waals surface area contributed by atoms with E-state index in [-0.39, 0.29) is 17.5 Å². The average molecular weight is 265 g/mol. The molecule has 4 nitrogen and oxygen atoms in total. The molecule has 1 fully saturated rings. The Balaban J connectivity index is 2.06. The Morgan fingerprint density at radius 1 is 1.58 bits per heavy atom. The minimum Gasteiger partial charge on any atom is -0.372 e. The van der Waals surface area contributed by atoms with Gasteiger partial charge in [0.15, 0.2) is 0 Å². The number of carbonyl (C=O) groups is 1. The number of carbonyl (C=O) groups excluding carboxylic acids is 1. The van der Waals surface area contributed by atoms with Crippen molar-refractivity contribution in [2.45, 2.75) is 38.6 Å². The normalized spacial score (nSPS) is 15.9. The lowest BCUT2D eigenvalue weighted by Gasteiger charge is -2.17. The second-order valence-corrected chi connectivity index (χ2v) is 5.06. The van der Waals surface area contributed by atoms with Crippen molar-refractivity contribution >= 4 is 11.7 Å². The standard InChI is InChI=1S/C14H20FN3O/c1-3-11(6-9-4-5-9)18-14(19)12-7-10(15)8-17-13(12)16-2/h7-9,11H,3-6H2,1-2H3,(H,16,17)(H,18,19). The lowest BCUT2D eigenvalue weighted by Crippen LogP contribution is -2.35. The minimum absolute atomic E-state index is 0.160. The van der Waals surface area contributed by atoms with Gasteiger partial charge < -0.3 is 10.6 Å². The third-order valence-corrected chi connectivity index (χ3v) is 3.48. The molecule has 1 aliphatic carbocycles. The van der Waals surface area contributed by atoms with Gasteiger partial charge in [0.1, 0.15) is 11.6 Å². The van der Waals surface area contributed by atoms with E-state index in [1.165, 1.54) is 18.9 Å². The maximum Gasteiger partial charge on any atom is 0.255 e. The second-order valence-electron chi connectivity index (χ2n) is 5.06. The summed E-state index contributed by atoms with van der Waals surface area (Å²) in [7, 11) is 1.67. The fourth-order valence-electron chi connectivity index (χ4n) is 2.16. The third kappa shape index (κ3) is 3.66. The quantitative estimate of drug-likeness (QED) is 0.831. The van der Waals surface area contributed by atoms with Gasteiger partial charge in [-0.2, -0.15) is 0 Å². The van der Waals surface area contributed by atoms with E-state index in [0.717, 1.165) is 25.0 Å². The van der Waals surface area contributed by atoms with Gasteiger partial charge in [0.05, 0.1) is 11.8 Å². The van der Waals surface area contributed by atoms with Crippen LogP contribution in [0.4, 0.5) is 10.2 Å². The highest BCUT2D eigenvalue weighted by molar-refractivity contribution is 5.98. The molecule has 0 saturated heterocycles. The van der Waals surface area contributed by atoms with Crippen LogP contribution in [0.1, 0.15) is 43.0 Å². The Hall–Kier alpha value is -1.65. The number of amides is 1. The van der Waals surface area contributed by atoms with Gasteiger partial charge in [-0.05, 0) is 24.8 Å². The first-order valence-corrected chi connectivity index (χ1v) is 6.78. The molecule has 19 heavy (non-hydrogen) atoms. The summed E-state index contributed by atoms with van der Waals surface area (Å²) < 4.78 is 13.2. The summed E-state index contributed by atoms with van der Waals surface area (Å²) in [5.74, 6) is 0.392. The highest BCUT2D eigenvalue weighted by Crippen LogP contribution is 2.34. The van der Waals surface area contributed by atoms with E-state index in [0.29, 0.717) is 5.82 Å². The first kappa shape index (κ1) is 13.8. The molecule has 2 N–H and O–H groups in total. The average Bonchev–Trinajstić information content (AvgIpc) is 3.21. The minimum atomic E-state index is -0.501. The van der Waals surface area contributed by atoms with Crippen LogP contribution in [0.2, 0.25) is 0 Å². The van der Waals surface area contributed by atoms with Gasteiger partial charge in [0, 0.05) is 13.1 Å². The number of anilines is 1. The van der Waals surface area contributed by atoms with Crippen molar-refractivity contribution < 1.29 is 9.18 Å². The molecule has 1 aromatic heterocycles. The van der Waals surface area contributed by atoms with E-state index >= 15 is 0 Å². The molecule has 0 radical (unpaired) electrons. The summed E-state index contributed by atoms with van der Waals surface area (Å²) in [6, 6.07) is 1.38. The molecule has 104 valence electrons. The van der Waals surface area contributed by atoms with Crippen molar-refractivity contribution in [1.29, 1.82) is 0 Å². The van der Waals surface area contributed by atoms with Crippen molar-refractivity contribution in [3.8, 4) is 0 Å². The summed E-state index contributed by atoms with van der Waals surface area (Å²) >= 11 is 0. The van der Waals surface area contributed by atoms with Crippen LogP contribution >= 0.6 is 0 Å². The smallest absolute Gasteiger partial charge is 0.255 e. The molecule has 1 amide bonds. The number of nitrogens with zero attached hydrogens (tertiary/aromatic N) is 1. The van der Waals surface area contributed by atoms with Gasteiger partial charge in [0.25, 0.3) is 5.91 Å². The predicted molar refractivity (Wildman–Crippen MR) is 72.6 cm³/mol. The highest BCUT2D eigenvalue weighted by Gasteiger charge is 2.26. The number of halogens is 1. The molecule has 5 heteroatoms. The summed E-state index contributed by atoms with van der Waals surface area (Å²) in [5.41, 5.74) is 0.261. The van der Waals surface area contributed by atoms with Gasteiger partial charge in [-0.25, -0.2) is 9.37 Å². The van der Waals surface area contributed by atoms with E-state index in [9.17, 15) is 9.18 Å². The van der Waals surface area contributed by atoms with Crippen molar-refractivity contribution in [2.24, 2.45) is 5.92 Å². The number of hydrogen-bond donors (Lipinski definition) is 2. The van der Waals surface area contributed by atoms with Crippen molar-refractivity contribution in [3.63, 3.8) is 0 Å². The molecule has 1 aromatic rings. The first-order valence-electron chi connectivity index (χ1n) is 6.78. The number of nitrogens with one attached hydrogen (secondary N) is 2. The SMILES string of the molecule is CCC(CC1CC1)NC(=O)c1cc(F)cnc1NC. The fourth-order valence-corrected chi connectivity index (χ4v) is 2.16. The zero-order chi connectivity index (χ0) is 13.8. The monoisotopic (exact) mass is 265 g/mol. The van der Waals surface area contributed by atoms with Gasteiger partial charge in [-0.1, -0.05) is 19.8 Å². The molecular weight excluding hydrogens is 245 g/mol. The van der Waals surface area contributed by atoms with Crippen LogP contribution in [0.15, 0.2) is 12.3 Å². The van der Waals surface area contributed by atoms with E-state index < -0.39 is 5.82 Å². The number of aromatic nitrogens is 1. The number of hydrogen-bond acceptors (Lipinski definition) is 3. The van der Waals surface area contributed by atoms with Crippen LogP contribution in [-0.2, 0) is 0 Å². The van der Waals surface area contributed by atoms with Gasteiger partial charge in [-0.15, -0.1) is 0 Å². The van der Waals surface area contributed by atoms with Gasteiger partial charge >= 0.3 is 0 Å². The highest BCUT2D eigenvalue weighted by atomic mass is 19.1. The zero-order valence-electron chi connectivity index (χ0n) is 11.4. The Morgan fingerprint density at radius 2 is 2.32 bits per heavy atom. The molecule has 1 unspecified atom stereocenters. The van der Waals surface area contributed by atoms with Crippen LogP contribution in [0.3, 0.4) is 0 Å². The number of pyridine rings is 1.